The van der Waals surface area contributed by atoms with Gasteiger partial charge in [-0.15, -0.1) is 0 Å². The van der Waals surface area contributed by atoms with Gasteiger partial charge in [-0.05, 0) is 5.92 Å². The van der Waals surface area contributed by atoms with Gasteiger partial charge in [0.1, 0.15) is 0 Å². The fourth-order valence-electron chi connectivity index (χ4n) is 0. The first-order chi connectivity index (χ1) is 2.73. The van der Waals surface area contributed by atoms with Crippen molar-refractivity contribution in [2.75, 3.05) is 0 Å². The lowest BCUT2D eigenvalue weighted by Crippen LogP contribution is -1.66. The number of hydrogen-bond acceptors (Lipinski definition) is 2. The van der Waals surface area contributed by atoms with Crippen molar-refractivity contribution in [2.45, 2.75) is 20.8 Å². The smallest absolute Gasteiger partial charge is 0.197 e. The van der Waals surface area contributed by atoms with Crippen LogP contribution >= 0.6 is 0 Å². The Labute approximate surface area is 44.3 Å². The van der Waals surface area contributed by atoms with Crippen LogP contribution in [0.2, 0.25) is 0 Å². The average molecular weight is 106 g/mol. The van der Waals surface area contributed by atoms with Crippen molar-refractivity contribution in [2.24, 2.45) is 5.92 Å². The molecule has 0 radical (unpaired) electrons. The van der Waals surface area contributed by atoms with Crippen molar-refractivity contribution in [3.8, 4) is 0 Å². The minimum Gasteiger partial charge on any atom is -0.197 e. The highest BCUT2D eigenvalue weighted by Crippen LogP contribution is 1.81. The van der Waals surface area contributed by atoms with Crippen LogP contribution in [0.3, 0.4) is 0 Å². The van der Waals surface area contributed by atoms with E-state index in [9.17, 15) is 0 Å². The third-order valence-electron chi connectivity index (χ3n) is 0. The lowest BCUT2D eigenvalue weighted by Gasteiger charge is -1.79. The fourth-order valence-corrected chi connectivity index (χ4v) is 0. The molecule has 0 aromatic carbocycles. The van der Waals surface area contributed by atoms with Gasteiger partial charge < -0.3 is 0 Å². The lowest BCUT2D eigenvalue weighted by molar-refractivity contribution is 0.702. The molecule has 0 heterocycles. The maximum atomic E-state index is 7.83. The van der Waals surface area contributed by atoms with Crippen LogP contribution in [0, 0.1) is 5.92 Å². The van der Waals surface area contributed by atoms with Crippen molar-refractivity contribution in [1.29, 1.82) is 0 Å². The van der Waals surface area contributed by atoms with Crippen LogP contribution in [0.15, 0.2) is 0 Å². The number of rotatable bonds is 0. The predicted molar refractivity (Wildman–Crippen MR) is 28.7 cm³/mol. The average Bonchev–Trinajstić information content (AvgIpc) is 1.41. The van der Waals surface area contributed by atoms with Gasteiger partial charge in [-0.1, -0.05) is 20.8 Å². The first kappa shape index (κ1) is 9.39. The summed E-state index contributed by atoms with van der Waals surface area (Å²) in [5, 5.41) is 0. The van der Waals surface area contributed by atoms with Crippen LogP contribution in [0.25, 0.3) is 0 Å². The second-order valence-electron chi connectivity index (χ2n) is 1.73. The van der Waals surface area contributed by atoms with Crippen LogP contribution in [0.4, 0.5) is 0 Å². The van der Waals surface area contributed by atoms with Crippen molar-refractivity contribution < 1.29 is 4.21 Å². The Morgan fingerprint density at radius 3 is 1.17 bits per heavy atom. The fraction of sp³-hybridized carbons (Fsp3) is 1.00. The summed E-state index contributed by atoms with van der Waals surface area (Å²) in [6, 6.07) is 0. The molecule has 0 unspecified atom stereocenters. The zero-order valence-corrected chi connectivity index (χ0v) is 5.21. The molecule has 0 spiro atoms. The SMILES string of the molecule is CC(C)C.O=S. The first-order valence-corrected chi connectivity index (χ1v) is 2.23. The summed E-state index contributed by atoms with van der Waals surface area (Å²) < 4.78 is 7.83. The van der Waals surface area contributed by atoms with E-state index in [1.54, 1.807) is 0 Å². The molecule has 0 aromatic rings. The summed E-state index contributed by atoms with van der Waals surface area (Å²) in [6.45, 7) is 6.50. The third-order valence-corrected chi connectivity index (χ3v) is 0. The van der Waals surface area contributed by atoms with Crippen LogP contribution < -0.4 is 0 Å². The minimum absolute atomic E-state index is 0.833. The van der Waals surface area contributed by atoms with E-state index in [2.05, 4.69) is 33.3 Å². The molecule has 1 nitrogen and oxygen atoms in total. The molecule has 0 rings (SSSR count). The summed E-state index contributed by atoms with van der Waals surface area (Å²) in [7, 11) is 0. The van der Waals surface area contributed by atoms with Gasteiger partial charge >= 0.3 is 0 Å². The Morgan fingerprint density at radius 2 is 1.17 bits per heavy atom. The topological polar surface area (TPSA) is 17.1 Å². The summed E-state index contributed by atoms with van der Waals surface area (Å²) in [5.41, 5.74) is 0. The molecule has 38 valence electrons. The molecule has 0 saturated carbocycles. The molecule has 0 amide bonds. The maximum Gasteiger partial charge on any atom is 0.197 e. The molecular formula is C4H10OS. The van der Waals surface area contributed by atoms with E-state index in [0.29, 0.717) is 0 Å². The summed E-state index contributed by atoms with van der Waals surface area (Å²) in [5.74, 6) is 0.833. The van der Waals surface area contributed by atoms with Gasteiger partial charge in [-0.25, -0.2) is 0 Å². The van der Waals surface area contributed by atoms with Crippen LogP contribution in [-0.2, 0) is 12.5 Å². The van der Waals surface area contributed by atoms with Crippen molar-refractivity contribution in [3.05, 3.63) is 0 Å². The van der Waals surface area contributed by atoms with Gasteiger partial charge in [0.2, 0.25) is 0 Å². The van der Waals surface area contributed by atoms with Gasteiger partial charge in [0.15, 0.2) is 12.5 Å². The summed E-state index contributed by atoms with van der Waals surface area (Å²) in [6.07, 6.45) is 0. The largest absolute Gasteiger partial charge is 0.197 e. The Morgan fingerprint density at radius 1 is 1.17 bits per heavy atom. The Balaban J connectivity index is 0. The van der Waals surface area contributed by atoms with Gasteiger partial charge in [-0.2, -0.15) is 4.21 Å². The summed E-state index contributed by atoms with van der Waals surface area (Å²) in [4.78, 5) is 0. The molecule has 6 heavy (non-hydrogen) atoms. The second kappa shape index (κ2) is 8.89. The molecule has 0 N–H and O–H groups in total. The third kappa shape index (κ3) is 91700. The lowest BCUT2D eigenvalue weighted by atomic mass is 10.3. The zero-order chi connectivity index (χ0) is 5.58. The molecule has 2 heteroatoms. The summed E-state index contributed by atoms with van der Waals surface area (Å²) >= 11 is 2.83. The van der Waals surface area contributed by atoms with E-state index in [0.717, 1.165) is 5.92 Å². The number of hydrogen-bond donors (Lipinski definition) is 0. The van der Waals surface area contributed by atoms with E-state index in [1.807, 2.05) is 0 Å². The molecular weight excluding hydrogens is 96.1 g/mol. The van der Waals surface area contributed by atoms with E-state index < -0.39 is 0 Å². The van der Waals surface area contributed by atoms with Crippen molar-refractivity contribution in [1.82, 2.24) is 0 Å². The standard InChI is InChI=1S/C4H10.OS/c1-4(2)3;1-2/h4H,1-3H3;. The van der Waals surface area contributed by atoms with Crippen LogP contribution in [-0.4, -0.2) is 4.21 Å². The van der Waals surface area contributed by atoms with Crippen molar-refractivity contribution in [3.63, 3.8) is 0 Å². The molecule has 0 fully saturated rings. The second-order valence-corrected chi connectivity index (χ2v) is 1.73. The van der Waals surface area contributed by atoms with Gasteiger partial charge in [0.25, 0.3) is 0 Å². The van der Waals surface area contributed by atoms with Crippen molar-refractivity contribution >= 4 is 12.5 Å². The molecule has 0 aliphatic carbocycles. The quantitative estimate of drug-likeness (QED) is 0.463. The van der Waals surface area contributed by atoms with Gasteiger partial charge in [0.05, 0.1) is 0 Å². The molecule has 0 aliphatic rings. The zero-order valence-electron chi connectivity index (χ0n) is 4.39. The maximum absolute atomic E-state index is 7.83. The highest BCUT2D eigenvalue weighted by molar-refractivity contribution is 7.44. The monoisotopic (exact) mass is 106 g/mol. The van der Waals surface area contributed by atoms with E-state index in [-0.39, 0.29) is 0 Å². The highest BCUT2D eigenvalue weighted by atomic mass is 32.1. The van der Waals surface area contributed by atoms with E-state index in [1.165, 1.54) is 0 Å². The van der Waals surface area contributed by atoms with E-state index >= 15 is 0 Å². The van der Waals surface area contributed by atoms with Crippen LogP contribution in [0.1, 0.15) is 20.8 Å². The first-order valence-electron chi connectivity index (χ1n) is 1.90. The minimum atomic E-state index is 0.833. The Hall–Kier alpha value is 0.0200. The normalized spacial score (nSPS) is 6.67. The highest BCUT2D eigenvalue weighted by Gasteiger charge is 1.68. The van der Waals surface area contributed by atoms with Gasteiger partial charge in [0, 0.05) is 0 Å². The van der Waals surface area contributed by atoms with Gasteiger partial charge in [-0.3, -0.25) is 0 Å². The predicted octanol–water partition coefficient (Wildman–Crippen LogP) is 1.33. The molecule has 0 atom stereocenters. The Bertz CT molecular complexity index is 18.8. The van der Waals surface area contributed by atoms with Crippen LogP contribution in [0.5, 0.6) is 0 Å². The molecule has 0 bridgehead atoms. The Kier molecular flexibility index (Phi) is 13.9. The molecule has 0 aromatic heterocycles. The molecule has 0 aliphatic heterocycles. The molecule has 0 saturated heterocycles. The van der Waals surface area contributed by atoms with E-state index in [4.69, 9.17) is 4.21 Å².